The van der Waals surface area contributed by atoms with Crippen LogP contribution in [0.2, 0.25) is 0 Å². The quantitative estimate of drug-likeness (QED) is 0.890. The van der Waals surface area contributed by atoms with Crippen LogP contribution in [0.15, 0.2) is 12.1 Å². The van der Waals surface area contributed by atoms with Gasteiger partial charge in [-0.1, -0.05) is 13.8 Å². The molecular formula is C17H23F2N3O2. The Balaban J connectivity index is 1.68. The van der Waals surface area contributed by atoms with Gasteiger partial charge in [0.05, 0.1) is 6.10 Å². The number of ether oxygens (including phenoxy) is 1. The molecule has 2 fully saturated rings. The number of nitrogens with one attached hydrogen (secondary N) is 2. The van der Waals surface area contributed by atoms with Crippen molar-refractivity contribution in [3.05, 3.63) is 23.8 Å². The molecule has 2 aliphatic rings. The van der Waals surface area contributed by atoms with E-state index in [2.05, 4.69) is 24.5 Å². The number of anilines is 2. The molecule has 0 bridgehead atoms. The molecule has 3 unspecified atom stereocenters. The van der Waals surface area contributed by atoms with E-state index in [9.17, 15) is 13.6 Å². The average molecular weight is 339 g/mol. The molecule has 1 aliphatic carbocycles. The summed E-state index contributed by atoms with van der Waals surface area (Å²) in [5.41, 5.74) is -0.194. The number of halogens is 2. The highest BCUT2D eigenvalue weighted by Crippen LogP contribution is 2.52. The molecule has 1 heterocycles. The Morgan fingerprint density at radius 1 is 1.29 bits per heavy atom. The molecule has 0 radical (unpaired) electrons. The third-order valence-electron chi connectivity index (χ3n) is 5.11. The van der Waals surface area contributed by atoms with E-state index < -0.39 is 17.7 Å². The molecule has 2 N–H and O–H groups in total. The summed E-state index contributed by atoms with van der Waals surface area (Å²) in [6, 6.07) is 1.76. The highest BCUT2D eigenvalue weighted by Gasteiger charge is 2.59. The summed E-state index contributed by atoms with van der Waals surface area (Å²) >= 11 is 0. The van der Waals surface area contributed by atoms with Gasteiger partial charge in [0, 0.05) is 43.8 Å². The number of amides is 2. The standard InChI is InChI=1S/C17H23F2N3O2/c1-17(2)14(10-5-6-24-15(10)17)21-16(23)20-9-7-11(18)13(22(3)4)12(19)8-9/h7-8,10,14-15H,5-6H2,1-4H3,(H2,20,21,23). The molecule has 5 nitrogen and oxygen atoms in total. The van der Waals surface area contributed by atoms with Gasteiger partial charge in [-0.05, 0) is 18.6 Å². The van der Waals surface area contributed by atoms with Gasteiger partial charge in [0.15, 0.2) is 11.6 Å². The maximum atomic E-state index is 14.0. The number of hydrogen-bond donors (Lipinski definition) is 2. The lowest BCUT2D eigenvalue weighted by molar-refractivity contribution is -0.107. The number of carbonyl (C=O) groups excluding carboxylic acids is 1. The Labute approximate surface area is 140 Å². The lowest BCUT2D eigenvalue weighted by atomic mass is 9.57. The Morgan fingerprint density at radius 3 is 2.50 bits per heavy atom. The number of hydrogen-bond acceptors (Lipinski definition) is 3. The van der Waals surface area contributed by atoms with Crippen LogP contribution in [0.4, 0.5) is 25.0 Å². The second-order valence-corrected chi connectivity index (χ2v) is 7.32. The van der Waals surface area contributed by atoms with Gasteiger partial charge in [-0.3, -0.25) is 0 Å². The largest absolute Gasteiger partial charge is 0.377 e. The van der Waals surface area contributed by atoms with Crippen LogP contribution in [0.3, 0.4) is 0 Å². The molecule has 1 aromatic rings. The first-order chi connectivity index (χ1) is 11.2. The summed E-state index contributed by atoms with van der Waals surface area (Å²) < 4.78 is 33.7. The molecule has 1 saturated carbocycles. The minimum atomic E-state index is -0.719. The maximum absolute atomic E-state index is 14.0. The minimum Gasteiger partial charge on any atom is -0.377 e. The van der Waals surface area contributed by atoms with E-state index in [4.69, 9.17) is 4.74 Å². The highest BCUT2D eigenvalue weighted by atomic mass is 19.1. The number of benzene rings is 1. The van der Waals surface area contributed by atoms with Crippen molar-refractivity contribution in [2.24, 2.45) is 11.3 Å². The number of carbonyl (C=O) groups is 1. The molecule has 24 heavy (non-hydrogen) atoms. The van der Waals surface area contributed by atoms with Gasteiger partial charge in [0.25, 0.3) is 0 Å². The third kappa shape index (κ3) is 2.70. The Bertz CT molecular complexity index is 640. The molecule has 1 saturated heterocycles. The van der Waals surface area contributed by atoms with Gasteiger partial charge in [0.1, 0.15) is 5.69 Å². The monoisotopic (exact) mass is 339 g/mol. The summed E-state index contributed by atoms with van der Waals surface area (Å²) in [6.45, 7) is 4.81. The van der Waals surface area contributed by atoms with Gasteiger partial charge < -0.3 is 20.3 Å². The predicted octanol–water partition coefficient (Wildman–Crippen LogP) is 2.97. The summed E-state index contributed by atoms with van der Waals surface area (Å²) in [6.07, 6.45) is 1.08. The Morgan fingerprint density at radius 2 is 1.92 bits per heavy atom. The van der Waals surface area contributed by atoms with Crippen LogP contribution in [0.1, 0.15) is 20.3 Å². The molecule has 132 valence electrons. The van der Waals surface area contributed by atoms with E-state index in [0.29, 0.717) is 12.5 Å². The smallest absolute Gasteiger partial charge is 0.319 e. The van der Waals surface area contributed by atoms with Crippen molar-refractivity contribution in [3.8, 4) is 0 Å². The lowest BCUT2D eigenvalue weighted by Crippen LogP contribution is -2.67. The fourth-order valence-corrected chi connectivity index (χ4v) is 3.99. The fourth-order valence-electron chi connectivity index (χ4n) is 3.99. The Kier molecular flexibility index (Phi) is 4.15. The second kappa shape index (κ2) is 5.88. The fraction of sp³-hybridized carbons (Fsp3) is 0.588. The number of urea groups is 1. The average Bonchev–Trinajstić information content (AvgIpc) is 2.90. The first-order valence-electron chi connectivity index (χ1n) is 8.07. The molecule has 0 spiro atoms. The van der Waals surface area contributed by atoms with Crippen molar-refractivity contribution in [3.63, 3.8) is 0 Å². The summed E-state index contributed by atoms with van der Waals surface area (Å²) in [4.78, 5) is 13.6. The predicted molar refractivity (Wildman–Crippen MR) is 88.3 cm³/mol. The zero-order chi connectivity index (χ0) is 17.6. The van der Waals surface area contributed by atoms with E-state index in [0.717, 1.165) is 18.6 Å². The molecule has 2 amide bonds. The summed E-state index contributed by atoms with van der Waals surface area (Å²) in [5, 5.41) is 5.43. The van der Waals surface area contributed by atoms with Crippen LogP contribution in [-0.4, -0.2) is 38.9 Å². The van der Waals surface area contributed by atoms with Crippen LogP contribution in [0.5, 0.6) is 0 Å². The van der Waals surface area contributed by atoms with Crippen molar-refractivity contribution in [2.45, 2.75) is 32.4 Å². The van der Waals surface area contributed by atoms with Crippen molar-refractivity contribution >= 4 is 17.4 Å². The third-order valence-corrected chi connectivity index (χ3v) is 5.11. The van der Waals surface area contributed by atoms with E-state index in [1.807, 2.05) is 0 Å². The van der Waals surface area contributed by atoms with Gasteiger partial charge in [-0.25, -0.2) is 13.6 Å². The zero-order valence-corrected chi connectivity index (χ0v) is 14.3. The molecule has 7 heteroatoms. The van der Waals surface area contributed by atoms with Crippen LogP contribution >= 0.6 is 0 Å². The van der Waals surface area contributed by atoms with Crippen LogP contribution < -0.4 is 15.5 Å². The van der Waals surface area contributed by atoms with Crippen LogP contribution in [-0.2, 0) is 4.74 Å². The topological polar surface area (TPSA) is 53.6 Å². The molecule has 3 atom stereocenters. The molecule has 3 rings (SSSR count). The van der Waals surface area contributed by atoms with Crippen LogP contribution in [0, 0.1) is 23.0 Å². The van der Waals surface area contributed by atoms with Crippen molar-refractivity contribution in [1.82, 2.24) is 5.32 Å². The lowest BCUT2D eigenvalue weighted by Gasteiger charge is -2.54. The maximum Gasteiger partial charge on any atom is 0.319 e. The van der Waals surface area contributed by atoms with E-state index in [-0.39, 0.29) is 28.9 Å². The van der Waals surface area contributed by atoms with Gasteiger partial charge in [-0.2, -0.15) is 0 Å². The Hall–Kier alpha value is -1.89. The number of fused-ring (bicyclic) bond motifs is 1. The number of rotatable bonds is 3. The molecule has 1 aliphatic heterocycles. The molecular weight excluding hydrogens is 316 g/mol. The minimum absolute atomic E-state index is 0.0132. The van der Waals surface area contributed by atoms with Crippen LogP contribution in [0.25, 0.3) is 0 Å². The van der Waals surface area contributed by atoms with Gasteiger partial charge in [0.2, 0.25) is 0 Å². The summed E-state index contributed by atoms with van der Waals surface area (Å²) in [7, 11) is 3.11. The number of nitrogens with zero attached hydrogens (tertiary/aromatic N) is 1. The summed E-state index contributed by atoms with van der Waals surface area (Å²) in [5.74, 6) is -1.14. The van der Waals surface area contributed by atoms with E-state index in [1.54, 1.807) is 14.1 Å². The van der Waals surface area contributed by atoms with Gasteiger partial charge >= 0.3 is 6.03 Å². The first kappa shape index (κ1) is 17.0. The molecule has 0 aromatic heterocycles. The molecule has 1 aromatic carbocycles. The van der Waals surface area contributed by atoms with Gasteiger partial charge in [-0.15, -0.1) is 0 Å². The van der Waals surface area contributed by atoms with Crippen molar-refractivity contribution in [1.29, 1.82) is 0 Å². The van der Waals surface area contributed by atoms with Crippen molar-refractivity contribution < 1.29 is 18.3 Å². The zero-order valence-electron chi connectivity index (χ0n) is 14.3. The van der Waals surface area contributed by atoms with E-state index in [1.165, 1.54) is 4.90 Å². The highest BCUT2D eigenvalue weighted by molar-refractivity contribution is 5.90. The van der Waals surface area contributed by atoms with Crippen molar-refractivity contribution in [2.75, 3.05) is 30.9 Å². The van der Waals surface area contributed by atoms with E-state index >= 15 is 0 Å². The second-order valence-electron chi connectivity index (χ2n) is 7.32. The SMILES string of the molecule is CN(C)c1c(F)cc(NC(=O)NC2C3CCOC3C2(C)C)cc1F. The normalized spacial score (nSPS) is 27.2. The first-order valence-corrected chi connectivity index (χ1v) is 8.07.